The Hall–Kier alpha value is -1.50. The van der Waals surface area contributed by atoms with Crippen LogP contribution in [0.2, 0.25) is 0 Å². The van der Waals surface area contributed by atoms with E-state index in [0.717, 1.165) is 12.8 Å². The minimum Gasteiger partial charge on any atom is -0.467 e. The molecule has 92 valence electrons. The summed E-state index contributed by atoms with van der Waals surface area (Å²) in [5.41, 5.74) is 5.10. The molecule has 0 radical (unpaired) electrons. The molecule has 1 aliphatic rings. The maximum atomic E-state index is 11.6. The van der Waals surface area contributed by atoms with Gasteiger partial charge in [-0.2, -0.15) is 4.98 Å². The van der Waals surface area contributed by atoms with E-state index in [4.69, 9.17) is 10.5 Å². The van der Waals surface area contributed by atoms with Crippen molar-refractivity contribution in [2.45, 2.75) is 23.5 Å². The van der Waals surface area contributed by atoms with Crippen LogP contribution in [0.25, 0.3) is 0 Å². The zero-order valence-electron chi connectivity index (χ0n) is 9.11. The van der Waals surface area contributed by atoms with Crippen molar-refractivity contribution in [1.82, 2.24) is 9.55 Å². The molecule has 7 heteroatoms. The minimum atomic E-state index is -0.334. The quantitative estimate of drug-likeness (QED) is 0.783. The number of nitrogen functional groups attached to an aromatic ring is 1. The second-order valence-corrected chi connectivity index (χ2v) is 5.24. The summed E-state index contributed by atoms with van der Waals surface area (Å²) in [4.78, 5) is 25.4. The van der Waals surface area contributed by atoms with E-state index in [1.807, 2.05) is 0 Å². The highest BCUT2D eigenvalue weighted by Crippen LogP contribution is 2.40. The Morgan fingerprint density at radius 3 is 3.18 bits per heavy atom. The lowest BCUT2D eigenvalue weighted by molar-refractivity contribution is -0.128. The number of carbonyl (C=O) groups excluding carboxylic acids is 1. The molecule has 1 aromatic heterocycles. The van der Waals surface area contributed by atoms with Crippen molar-refractivity contribution in [2.75, 3.05) is 12.3 Å². The Labute approximate surface area is 102 Å². The Balaban J connectivity index is 2.04. The SMILES string of the molecule is Nc1ccn(C2CCC(COC=O)S2)c(=O)n1. The molecule has 17 heavy (non-hydrogen) atoms. The van der Waals surface area contributed by atoms with Gasteiger partial charge < -0.3 is 10.5 Å². The molecule has 2 atom stereocenters. The summed E-state index contributed by atoms with van der Waals surface area (Å²) in [6.45, 7) is 0.840. The molecular formula is C10H13N3O3S. The minimum absolute atomic E-state index is 0.0517. The van der Waals surface area contributed by atoms with Gasteiger partial charge in [-0.15, -0.1) is 11.8 Å². The normalized spacial score (nSPS) is 23.5. The number of nitrogens with two attached hydrogens (primary N) is 1. The summed E-state index contributed by atoms with van der Waals surface area (Å²) in [6, 6.07) is 1.61. The van der Waals surface area contributed by atoms with Crippen molar-refractivity contribution in [3.63, 3.8) is 0 Å². The predicted molar refractivity (Wildman–Crippen MR) is 64.6 cm³/mol. The van der Waals surface area contributed by atoms with Crippen molar-refractivity contribution in [3.8, 4) is 0 Å². The monoisotopic (exact) mass is 255 g/mol. The van der Waals surface area contributed by atoms with Crippen LogP contribution >= 0.6 is 11.8 Å². The highest BCUT2D eigenvalue weighted by molar-refractivity contribution is 8.00. The van der Waals surface area contributed by atoms with E-state index in [9.17, 15) is 9.59 Å². The largest absolute Gasteiger partial charge is 0.467 e. The molecule has 1 aromatic rings. The van der Waals surface area contributed by atoms with E-state index in [2.05, 4.69) is 4.98 Å². The van der Waals surface area contributed by atoms with Gasteiger partial charge in [-0.05, 0) is 18.9 Å². The number of aromatic nitrogens is 2. The van der Waals surface area contributed by atoms with Crippen molar-refractivity contribution in [1.29, 1.82) is 0 Å². The molecule has 1 aliphatic heterocycles. The number of thioether (sulfide) groups is 1. The molecule has 2 unspecified atom stereocenters. The Kier molecular flexibility index (Phi) is 3.68. The van der Waals surface area contributed by atoms with Gasteiger partial charge in [-0.25, -0.2) is 4.79 Å². The molecule has 1 fully saturated rings. The summed E-state index contributed by atoms with van der Waals surface area (Å²) in [6.07, 6.45) is 3.44. The van der Waals surface area contributed by atoms with Crippen LogP contribution in [-0.4, -0.2) is 27.9 Å². The number of anilines is 1. The molecule has 2 heterocycles. The lowest BCUT2D eigenvalue weighted by Crippen LogP contribution is -2.25. The van der Waals surface area contributed by atoms with Gasteiger partial charge in [-0.1, -0.05) is 0 Å². The van der Waals surface area contributed by atoms with Gasteiger partial charge in [0.1, 0.15) is 12.4 Å². The first kappa shape index (κ1) is 12.0. The molecule has 0 amide bonds. The first-order valence-electron chi connectivity index (χ1n) is 5.26. The summed E-state index contributed by atoms with van der Waals surface area (Å²) in [7, 11) is 0. The second-order valence-electron chi connectivity index (χ2n) is 3.76. The highest BCUT2D eigenvalue weighted by Gasteiger charge is 2.27. The van der Waals surface area contributed by atoms with Gasteiger partial charge in [0.25, 0.3) is 6.47 Å². The fraction of sp³-hybridized carbons (Fsp3) is 0.500. The fourth-order valence-electron chi connectivity index (χ4n) is 1.81. The van der Waals surface area contributed by atoms with Crippen LogP contribution in [0.3, 0.4) is 0 Å². The Bertz CT molecular complexity index is 462. The van der Waals surface area contributed by atoms with Gasteiger partial charge in [0.15, 0.2) is 0 Å². The van der Waals surface area contributed by atoms with Gasteiger partial charge >= 0.3 is 5.69 Å². The Morgan fingerprint density at radius 1 is 1.65 bits per heavy atom. The van der Waals surface area contributed by atoms with Gasteiger partial charge in [0.2, 0.25) is 0 Å². The smallest absolute Gasteiger partial charge is 0.350 e. The van der Waals surface area contributed by atoms with Gasteiger partial charge in [0, 0.05) is 11.4 Å². The molecule has 0 spiro atoms. The average molecular weight is 255 g/mol. The highest BCUT2D eigenvalue weighted by atomic mass is 32.2. The third-order valence-corrected chi connectivity index (χ3v) is 4.13. The topological polar surface area (TPSA) is 87.2 Å². The number of ether oxygens (including phenoxy) is 1. The van der Waals surface area contributed by atoms with Crippen molar-refractivity contribution < 1.29 is 9.53 Å². The van der Waals surface area contributed by atoms with Gasteiger partial charge in [0.05, 0.1) is 5.37 Å². The van der Waals surface area contributed by atoms with E-state index in [0.29, 0.717) is 13.1 Å². The van der Waals surface area contributed by atoms with Crippen LogP contribution in [-0.2, 0) is 9.53 Å². The van der Waals surface area contributed by atoms with Crippen molar-refractivity contribution >= 4 is 24.1 Å². The van der Waals surface area contributed by atoms with Crippen LogP contribution in [0, 0.1) is 0 Å². The zero-order valence-corrected chi connectivity index (χ0v) is 9.93. The van der Waals surface area contributed by atoms with E-state index in [-0.39, 0.29) is 22.1 Å². The molecule has 0 aromatic carbocycles. The van der Waals surface area contributed by atoms with Crippen LogP contribution < -0.4 is 11.4 Å². The molecule has 2 N–H and O–H groups in total. The Morgan fingerprint density at radius 2 is 2.47 bits per heavy atom. The van der Waals surface area contributed by atoms with E-state index in [1.54, 1.807) is 28.6 Å². The van der Waals surface area contributed by atoms with E-state index in [1.165, 1.54) is 0 Å². The predicted octanol–water partition coefficient (Wildman–Crippen LogP) is 0.393. The van der Waals surface area contributed by atoms with Crippen LogP contribution in [0.4, 0.5) is 5.82 Å². The average Bonchev–Trinajstić information content (AvgIpc) is 2.75. The first-order valence-corrected chi connectivity index (χ1v) is 6.20. The molecule has 0 saturated carbocycles. The van der Waals surface area contributed by atoms with Crippen LogP contribution in [0.1, 0.15) is 18.2 Å². The van der Waals surface area contributed by atoms with Crippen molar-refractivity contribution in [2.24, 2.45) is 0 Å². The van der Waals surface area contributed by atoms with E-state index < -0.39 is 0 Å². The van der Waals surface area contributed by atoms with Crippen LogP contribution in [0.5, 0.6) is 0 Å². The van der Waals surface area contributed by atoms with E-state index >= 15 is 0 Å². The molecule has 2 rings (SSSR count). The summed E-state index contributed by atoms with van der Waals surface area (Å²) in [5.74, 6) is 0.232. The number of hydrogen-bond acceptors (Lipinski definition) is 6. The molecule has 6 nitrogen and oxygen atoms in total. The summed E-state index contributed by atoms with van der Waals surface area (Å²) < 4.78 is 6.30. The molecule has 0 bridgehead atoms. The third kappa shape index (κ3) is 2.79. The first-order chi connectivity index (χ1) is 8.20. The summed E-state index contributed by atoms with van der Waals surface area (Å²) >= 11 is 1.62. The maximum Gasteiger partial charge on any atom is 0.350 e. The molecular weight excluding hydrogens is 242 g/mol. The van der Waals surface area contributed by atoms with Crippen molar-refractivity contribution in [3.05, 3.63) is 22.7 Å². The zero-order chi connectivity index (χ0) is 12.3. The lowest BCUT2D eigenvalue weighted by atomic mass is 10.2. The number of carbonyl (C=O) groups is 1. The third-order valence-electron chi connectivity index (χ3n) is 2.60. The molecule has 0 aliphatic carbocycles. The molecule has 1 saturated heterocycles. The number of rotatable bonds is 4. The van der Waals surface area contributed by atoms with Crippen LogP contribution in [0.15, 0.2) is 17.1 Å². The maximum absolute atomic E-state index is 11.6. The lowest BCUT2D eigenvalue weighted by Gasteiger charge is -2.13. The number of nitrogens with zero attached hydrogens (tertiary/aromatic N) is 2. The van der Waals surface area contributed by atoms with Gasteiger partial charge in [-0.3, -0.25) is 9.36 Å². The second kappa shape index (κ2) is 5.22. The standard InChI is InChI=1S/C10H13N3O3S/c11-8-3-4-13(10(15)12-8)9-2-1-7(17-9)5-16-6-14/h3-4,6-7,9H,1-2,5H2,(H2,11,12,15). The summed E-state index contributed by atoms with van der Waals surface area (Å²) in [5, 5.41) is 0.297. The number of hydrogen-bond donors (Lipinski definition) is 1. The fourth-order valence-corrected chi connectivity index (χ4v) is 3.24.